The van der Waals surface area contributed by atoms with E-state index in [-0.39, 0.29) is 11.4 Å². The second-order valence-corrected chi connectivity index (χ2v) is 8.52. The molecule has 6 nitrogen and oxygen atoms in total. The quantitative estimate of drug-likeness (QED) is 0.519. The molecule has 1 aromatic carbocycles. The van der Waals surface area contributed by atoms with Crippen LogP contribution in [0, 0.1) is 5.92 Å². The third kappa shape index (κ3) is 3.33. The number of allylic oxidation sites excluding steroid dienone is 2. The Bertz CT molecular complexity index is 1080. The number of carbonyl (C=O) groups is 2. The van der Waals surface area contributed by atoms with Gasteiger partial charge in [-0.25, -0.2) is 0 Å². The van der Waals surface area contributed by atoms with Crippen molar-refractivity contribution in [1.82, 2.24) is 0 Å². The van der Waals surface area contributed by atoms with E-state index in [0.717, 1.165) is 16.7 Å². The molecule has 0 amide bonds. The fraction of sp³-hybridized carbons (Fsp3) is 0.333. The third-order valence-corrected chi connectivity index (χ3v) is 7.06. The number of Topliss-reactive ketones (excluding diaryl/α,β-unsaturated/α-hetero) is 1. The highest BCUT2D eigenvalue weighted by Gasteiger charge is 2.46. The van der Waals surface area contributed by atoms with Crippen molar-refractivity contribution in [3.63, 3.8) is 0 Å². The van der Waals surface area contributed by atoms with Crippen LogP contribution in [0.3, 0.4) is 0 Å². The van der Waals surface area contributed by atoms with E-state index in [1.807, 2.05) is 17.5 Å². The fourth-order valence-electron chi connectivity index (χ4n) is 4.61. The molecule has 7 heteroatoms. The minimum absolute atomic E-state index is 0.159. The van der Waals surface area contributed by atoms with Gasteiger partial charge in [0.05, 0.1) is 34.4 Å². The molecule has 4 rings (SSSR count). The van der Waals surface area contributed by atoms with E-state index in [1.165, 1.54) is 24.7 Å². The molecule has 0 aliphatic heterocycles. The molecule has 162 valence electrons. The lowest BCUT2D eigenvalue weighted by molar-refractivity contribution is -0.145. The van der Waals surface area contributed by atoms with Crippen LogP contribution in [0.25, 0.3) is 0 Å². The van der Waals surface area contributed by atoms with E-state index in [9.17, 15) is 9.59 Å². The van der Waals surface area contributed by atoms with E-state index in [0.29, 0.717) is 30.1 Å². The smallest absolute Gasteiger partial charge is 0.314 e. The number of hydrogen-bond donors (Lipinski definition) is 0. The SMILES string of the molecule is C=C1C(=O)C2=C(Cc3ccsc3C2)[C@@H](c2cc(OC)c(OC)c(OC)c2)[C@@H]1C(=O)OC. The summed E-state index contributed by atoms with van der Waals surface area (Å²) in [4.78, 5) is 27.3. The standard InChI is InChI=1S/C24H24O6S/c1-12-20(24(26)30-5)21(14-9-17(27-2)23(29-4)18(10-14)28-3)15-8-13-6-7-31-19(13)11-16(15)22(12)25/h6-7,9-10,20-21H,1,8,11H2,2-5H3/t20-,21-/m1/s1. The van der Waals surface area contributed by atoms with Gasteiger partial charge in [0.2, 0.25) is 5.75 Å². The van der Waals surface area contributed by atoms with Crippen LogP contribution < -0.4 is 14.2 Å². The Morgan fingerprint density at radius 2 is 1.74 bits per heavy atom. The number of benzene rings is 1. The molecule has 0 fully saturated rings. The summed E-state index contributed by atoms with van der Waals surface area (Å²) in [6.45, 7) is 4.01. The van der Waals surface area contributed by atoms with Gasteiger partial charge in [-0.3, -0.25) is 9.59 Å². The lowest BCUT2D eigenvalue weighted by Crippen LogP contribution is -2.37. The number of fused-ring (bicyclic) bond motifs is 1. The Balaban J connectivity index is 1.95. The number of rotatable bonds is 5. The van der Waals surface area contributed by atoms with Gasteiger partial charge in [-0.05, 0) is 46.7 Å². The van der Waals surface area contributed by atoms with Gasteiger partial charge in [0, 0.05) is 28.4 Å². The summed E-state index contributed by atoms with van der Waals surface area (Å²) in [6, 6.07) is 5.74. The van der Waals surface area contributed by atoms with Crippen molar-refractivity contribution in [2.45, 2.75) is 18.8 Å². The number of ketones is 1. The summed E-state index contributed by atoms with van der Waals surface area (Å²) in [5.74, 6) is -0.456. The molecule has 1 aromatic heterocycles. The number of hydrogen-bond acceptors (Lipinski definition) is 7. The Hall–Kier alpha value is -3.06. The van der Waals surface area contributed by atoms with Gasteiger partial charge < -0.3 is 18.9 Å². The van der Waals surface area contributed by atoms with E-state index in [2.05, 4.69) is 12.6 Å². The molecular formula is C24H24O6S. The number of esters is 1. The maximum Gasteiger partial charge on any atom is 0.314 e. The van der Waals surface area contributed by atoms with E-state index in [4.69, 9.17) is 18.9 Å². The first kappa shape index (κ1) is 21.2. The second kappa shape index (κ2) is 8.23. The minimum atomic E-state index is -0.820. The zero-order chi connectivity index (χ0) is 22.3. The first-order valence-electron chi connectivity index (χ1n) is 9.83. The normalized spacial score (nSPS) is 20.1. The van der Waals surface area contributed by atoms with Crippen LogP contribution in [0.2, 0.25) is 0 Å². The van der Waals surface area contributed by atoms with Crippen LogP contribution in [0.15, 0.2) is 46.9 Å². The molecule has 0 bridgehead atoms. The summed E-state index contributed by atoms with van der Waals surface area (Å²) in [5.41, 5.74) is 3.87. The molecule has 0 unspecified atom stereocenters. The van der Waals surface area contributed by atoms with Gasteiger partial charge in [0.1, 0.15) is 0 Å². The van der Waals surface area contributed by atoms with Crippen molar-refractivity contribution in [3.05, 3.63) is 62.9 Å². The summed E-state index contributed by atoms with van der Waals surface area (Å²) < 4.78 is 21.6. The molecule has 0 saturated heterocycles. The van der Waals surface area contributed by atoms with Crippen molar-refractivity contribution in [2.24, 2.45) is 5.92 Å². The molecule has 1 heterocycles. The molecule has 31 heavy (non-hydrogen) atoms. The van der Waals surface area contributed by atoms with Crippen LogP contribution in [0.5, 0.6) is 17.2 Å². The maximum absolute atomic E-state index is 13.2. The van der Waals surface area contributed by atoms with Crippen LogP contribution in [0.4, 0.5) is 0 Å². The maximum atomic E-state index is 13.2. The van der Waals surface area contributed by atoms with Gasteiger partial charge >= 0.3 is 5.97 Å². The average Bonchev–Trinajstić information content (AvgIpc) is 3.26. The van der Waals surface area contributed by atoms with Crippen LogP contribution >= 0.6 is 11.3 Å². The Morgan fingerprint density at radius 3 is 2.32 bits per heavy atom. The van der Waals surface area contributed by atoms with Crippen LogP contribution in [-0.2, 0) is 27.2 Å². The van der Waals surface area contributed by atoms with E-state index in [1.54, 1.807) is 25.6 Å². The lowest BCUT2D eigenvalue weighted by atomic mass is 9.65. The zero-order valence-electron chi connectivity index (χ0n) is 17.9. The molecule has 2 atom stereocenters. The van der Waals surface area contributed by atoms with Gasteiger partial charge in [-0.2, -0.15) is 0 Å². The third-order valence-electron chi connectivity index (χ3n) is 6.09. The topological polar surface area (TPSA) is 71.1 Å². The summed E-state index contributed by atoms with van der Waals surface area (Å²) in [6.07, 6.45) is 1.15. The average molecular weight is 441 g/mol. The summed E-state index contributed by atoms with van der Waals surface area (Å²) >= 11 is 1.65. The van der Waals surface area contributed by atoms with Gasteiger partial charge in [-0.1, -0.05) is 6.58 Å². The monoisotopic (exact) mass is 440 g/mol. The van der Waals surface area contributed by atoms with Crippen molar-refractivity contribution in [3.8, 4) is 17.2 Å². The molecule has 2 aliphatic rings. The number of ether oxygens (including phenoxy) is 4. The van der Waals surface area contributed by atoms with Gasteiger partial charge in [0.25, 0.3) is 0 Å². The molecule has 0 radical (unpaired) electrons. The van der Waals surface area contributed by atoms with Crippen molar-refractivity contribution >= 4 is 23.1 Å². The van der Waals surface area contributed by atoms with E-state index >= 15 is 0 Å². The second-order valence-electron chi connectivity index (χ2n) is 7.52. The first-order valence-corrected chi connectivity index (χ1v) is 10.7. The number of carbonyl (C=O) groups excluding carboxylic acids is 2. The highest BCUT2D eigenvalue weighted by atomic mass is 32.1. The predicted molar refractivity (Wildman–Crippen MR) is 117 cm³/mol. The molecule has 0 spiro atoms. The number of methoxy groups -OCH3 is 4. The Kier molecular flexibility index (Phi) is 5.62. The largest absolute Gasteiger partial charge is 0.493 e. The van der Waals surface area contributed by atoms with E-state index < -0.39 is 17.8 Å². The number of thiophene rings is 1. The minimum Gasteiger partial charge on any atom is -0.493 e. The van der Waals surface area contributed by atoms with Crippen molar-refractivity contribution in [1.29, 1.82) is 0 Å². The van der Waals surface area contributed by atoms with Gasteiger partial charge in [0.15, 0.2) is 17.3 Å². The van der Waals surface area contributed by atoms with Crippen molar-refractivity contribution in [2.75, 3.05) is 28.4 Å². The Labute approximate surface area is 185 Å². The molecule has 2 aromatic rings. The molecular weight excluding hydrogens is 416 g/mol. The first-order chi connectivity index (χ1) is 14.9. The van der Waals surface area contributed by atoms with Crippen molar-refractivity contribution < 1.29 is 28.5 Å². The predicted octanol–water partition coefficient (Wildman–Crippen LogP) is 3.88. The van der Waals surface area contributed by atoms with Crippen LogP contribution in [0.1, 0.15) is 21.9 Å². The van der Waals surface area contributed by atoms with Gasteiger partial charge in [-0.15, -0.1) is 11.3 Å². The molecule has 2 aliphatic carbocycles. The summed E-state index contributed by atoms with van der Waals surface area (Å²) in [7, 11) is 5.96. The highest BCUT2D eigenvalue weighted by molar-refractivity contribution is 7.10. The molecule has 0 saturated carbocycles. The lowest BCUT2D eigenvalue weighted by Gasteiger charge is -2.37. The Morgan fingerprint density at radius 1 is 1.06 bits per heavy atom. The van der Waals surface area contributed by atoms with Crippen LogP contribution in [-0.4, -0.2) is 40.2 Å². The highest BCUT2D eigenvalue weighted by Crippen LogP contribution is 2.50. The fourth-order valence-corrected chi connectivity index (χ4v) is 5.52. The molecule has 0 N–H and O–H groups in total. The zero-order valence-corrected chi connectivity index (χ0v) is 18.8. The summed E-state index contributed by atoms with van der Waals surface area (Å²) in [5, 5.41) is 2.04.